The van der Waals surface area contributed by atoms with Crippen LogP contribution in [-0.2, 0) is 9.53 Å². The van der Waals surface area contributed by atoms with Crippen LogP contribution in [0.3, 0.4) is 0 Å². The number of ether oxygens (including phenoxy) is 1. The monoisotopic (exact) mass is 240 g/mol. The van der Waals surface area contributed by atoms with Gasteiger partial charge in [0.25, 0.3) is 0 Å². The molecule has 0 saturated heterocycles. The van der Waals surface area contributed by atoms with Gasteiger partial charge in [0.1, 0.15) is 5.60 Å². The molecule has 1 rings (SSSR count). The molecule has 1 aliphatic rings. The second kappa shape index (κ2) is 4.99. The first kappa shape index (κ1) is 14.5. The van der Waals surface area contributed by atoms with Gasteiger partial charge < -0.3 is 4.74 Å². The van der Waals surface area contributed by atoms with Crippen LogP contribution in [0.4, 0.5) is 0 Å². The lowest BCUT2D eigenvalue weighted by Gasteiger charge is -2.43. The van der Waals surface area contributed by atoms with E-state index in [0.29, 0.717) is 5.92 Å². The Bertz CT molecular complexity index is 273. The highest BCUT2D eigenvalue weighted by Crippen LogP contribution is 2.46. The van der Waals surface area contributed by atoms with E-state index in [1.807, 2.05) is 20.8 Å². The van der Waals surface area contributed by atoms with E-state index in [4.69, 9.17) is 4.74 Å². The molecule has 100 valence electrons. The second-order valence-electron chi connectivity index (χ2n) is 7.06. The Morgan fingerprint density at radius 2 is 1.94 bits per heavy atom. The quantitative estimate of drug-likeness (QED) is 0.677. The maximum Gasteiger partial charge on any atom is 0.310 e. The molecule has 0 bridgehead atoms. The Balaban J connectivity index is 2.85. The molecule has 0 spiro atoms. The van der Waals surface area contributed by atoms with Gasteiger partial charge in [-0.1, -0.05) is 33.6 Å². The van der Waals surface area contributed by atoms with E-state index in [1.54, 1.807) is 0 Å². The van der Waals surface area contributed by atoms with Crippen LogP contribution < -0.4 is 0 Å². The summed E-state index contributed by atoms with van der Waals surface area (Å²) in [6.45, 7) is 12.4. The van der Waals surface area contributed by atoms with Gasteiger partial charge in [-0.3, -0.25) is 4.79 Å². The highest BCUT2D eigenvalue weighted by Gasteiger charge is 2.44. The Labute approximate surface area is 106 Å². The molecule has 2 nitrogen and oxygen atoms in total. The van der Waals surface area contributed by atoms with Crippen LogP contribution >= 0.6 is 0 Å². The molecule has 2 heteroatoms. The van der Waals surface area contributed by atoms with E-state index >= 15 is 0 Å². The molecule has 0 aromatic rings. The zero-order chi connectivity index (χ0) is 13.3. The normalized spacial score (nSPS) is 28.8. The average molecular weight is 240 g/mol. The molecule has 0 aliphatic heterocycles. The topological polar surface area (TPSA) is 26.3 Å². The minimum Gasteiger partial charge on any atom is -0.460 e. The molecule has 17 heavy (non-hydrogen) atoms. The molecule has 0 aromatic heterocycles. The van der Waals surface area contributed by atoms with Crippen molar-refractivity contribution in [2.75, 3.05) is 0 Å². The van der Waals surface area contributed by atoms with Gasteiger partial charge in [0, 0.05) is 0 Å². The van der Waals surface area contributed by atoms with Crippen molar-refractivity contribution in [3.05, 3.63) is 0 Å². The number of carbonyl (C=O) groups is 1. The molecule has 0 aromatic carbocycles. The third-order valence-electron chi connectivity index (χ3n) is 3.89. The Kier molecular flexibility index (Phi) is 4.27. The highest BCUT2D eigenvalue weighted by atomic mass is 16.6. The van der Waals surface area contributed by atoms with Crippen LogP contribution in [0.1, 0.15) is 67.2 Å². The summed E-state index contributed by atoms with van der Waals surface area (Å²) in [5.74, 6) is 0.572. The first-order valence-corrected chi connectivity index (χ1v) is 6.90. The maximum absolute atomic E-state index is 12.4. The molecule has 2 atom stereocenters. The van der Waals surface area contributed by atoms with Gasteiger partial charge in [0.15, 0.2) is 0 Å². The number of hydrogen-bond acceptors (Lipinski definition) is 2. The van der Waals surface area contributed by atoms with Crippen molar-refractivity contribution in [3.63, 3.8) is 0 Å². The van der Waals surface area contributed by atoms with Crippen molar-refractivity contribution in [3.8, 4) is 0 Å². The molecule has 0 N–H and O–H groups in total. The van der Waals surface area contributed by atoms with Crippen LogP contribution in [-0.4, -0.2) is 11.6 Å². The van der Waals surface area contributed by atoms with Crippen LogP contribution in [0.15, 0.2) is 0 Å². The fourth-order valence-corrected chi connectivity index (χ4v) is 3.10. The molecule has 1 aliphatic carbocycles. The van der Waals surface area contributed by atoms with Crippen LogP contribution in [0.25, 0.3) is 0 Å². The molecule has 1 saturated carbocycles. The lowest BCUT2D eigenvalue weighted by molar-refractivity contribution is -0.169. The zero-order valence-corrected chi connectivity index (χ0v) is 12.3. The lowest BCUT2D eigenvalue weighted by atomic mass is 9.63. The summed E-state index contributed by atoms with van der Waals surface area (Å²) < 4.78 is 5.61. The van der Waals surface area contributed by atoms with E-state index in [-0.39, 0.29) is 22.9 Å². The first-order chi connectivity index (χ1) is 7.67. The van der Waals surface area contributed by atoms with Crippen LogP contribution in [0, 0.1) is 17.3 Å². The summed E-state index contributed by atoms with van der Waals surface area (Å²) in [5.41, 5.74) is -0.288. The van der Waals surface area contributed by atoms with Gasteiger partial charge in [0.2, 0.25) is 0 Å². The van der Waals surface area contributed by atoms with Crippen molar-refractivity contribution in [1.29, 1.82) is 0 Å². The maximum atomic E-state index is 12.4. The van der Waals surface area contributed by atoms with Gasteiger partial charge in [-0.25, -0.2) is 0 Å². The minimum absolute atomic E-state index is 0.00838. The fraction of sp³-hybridized carbons (Fsp3) is 0.933. The summed E-state index contributed by atoms with van der Waals surface area (Å²) in [5, 5.41) is 0. The zero-order valence-electron chi connectivity index (χ0n) is 12.3. The highest BCUT2D eigenvalue weighted by molar-refractivity contribution is 5.74. The first-order valence-electron chi connectivity index (χ1n) is 6.90. The molecule has 0 unspecified atom stereocenters. The lowest BCUT2D eigenvalue weighted by Crippen LogP contribution is -2.43. The predicted molar refractivity (Wildman–Crippen MR) is 70.7 cm³/mol. The largest absolute Gasteiger partial charge is 0.460 e. The molecule has 1 fully saturated rings. The van der Waals surface area contributed by atoms with Crippen molar-refractivity contribution in [1.82, 2.24) is 0 Å². The van der Waals surface area contributed by atoms with Crippen LogP contribution in [0.2, 0.25) is 0 Å². The van der Waals surface area contributed by atoms with E-state index < -0.39 is 0 Å². The van der Waals surface area contributed by atoms with Crippen LogP contribution in [0.5, 0.6) is 0 Å². The molecule has 0 radical (unpaired) electrons. The van der Waals surface area contributed by atoms with Gasteiger partial charge in [-0.05, 0) is 44.9 Å². The Morgan fingerprint density at radius 1 is 1.35 bits per heavy atom. The van der Waals surface area contributed by atoms with Crippen molar-refractivity contribution in [2.45, 2.75) is 72.8 Å². The number of esters is 1. The summed E-state index contributed by atoms with van der Waals surface area (Å²) in [4.78, 5) is 12.4. The Morgan fingerprint density at radius 3 is 2.41 bits per heavy atom. The third-order valence-corrected chi connectivity index (χ3v) is 3.89. The van der Waals surface area contributed by atoms with Crippen molar-refractivity contribution >= 4 is 5.97 Å². The standard InChI is InChI=1S/C15H28O2/c1-7-11-9-8-10-15(5,6)12(11)13(16)17-14(2,3)4/h11-12H,7-10H2,1-6H3/t11-,12-/m0/s1. The number of rotatable bonds is 2. The van der Waals surface area contributed by atoms with E-state index in [1.165, 1.54) is 12.8 Å². The van der Waals surface area contributed by atoms with Crippen molar-refractivity contribution < 1.29 is 9.53 Å². The minimum atomic E-state index is -0.372. The molecule has 0 amide bonds. The summed E-state index contributed by atoms with van der Waals surface area (Å²) in [6.07, 6.45) is 4.62. The molecular formula is C15H28O2. The Hall–Kier alpha value is -0.530. The smallest absolute Gasteiger partial charge is 0.310 e. The van der Waals surface area contributed by atoms with E-state index in [0.717, 1.165) is 12.8 Å². The van der Waals surface area contributed by atoms with Gasteiger partial charge in [-0.15, -0.1) is 0 Å². The SMILES string of the molecule is CC[C@H]1CCCC(C)(C)[C@@H]1C(=O)OC(C)(C)C. The summed E-state index contributed by atoms with van der Waals surface area (Å²) >= 11 is 0. The summed E-state index contributed by atoms with van der Waals surface area (Å²) in [6, 6.07) is 0. The number of hydrogen-bond donors (Lipinski definition) is 0. The molecular weight excluding hydrogens is 212 g/mol. The van der Waals surface area contributed by atoms with E-state index in [9.17, 15) is 4.79 Å². The van der Waals surface area contributed by atoms with Gasteiger partial charge >= 0.3 is 5.97 Å². The predicted octanol–water partition coefficient (Wildman–Crippen LogP) is 4.18. The van der Waals surface area contributed by atoms with E-state index in [2.05, 4.69) is 20.8 Å². The van der Waals surface area contributed by atoms with Gasteiger partial charge in [0.05, 0.1) is 5.92 Å². The fourth-order valence-electron chi connectivity index (χ4n) is 3.10. The molecule has 0 heterocycles. The number of carbonyl (C=O) groups excluding carboxylic acids is 1. The van der Waals surface area contributed by atoms with Crippen molar-refractivity contribution in [2.24, 2.45) is 17.3 Å². The second-order valence-corrected chi connectivity index (χ2v) is 7.06. The average Bonchev–Trinajstić information content (AvgIpc) is 2.12. The third kappa shape index (κ3) is 3.72. The van der Waals surface area contributed by atoms with Gasteiger partial charge in [-0.2, -0.15) is 0 Å². The summed E-state index contributed by atoms with van der Waals surface area (Å²) in [7, 11) is 0.